The summed E-state index contributed by atoms with van der Waals surface area (Å²) >= 11 is 0. The van der Waals surface area contributed by atoms with Crippen molar-refractivity contribution in [2.24, 2.45) is 0 Å². The summed E-state index contributed by atoms with van der Waals surface area (Å²) in [6.45, 7) is -0.0767. The second-order valence-corrected chi connectivity index (χ2v) is 1.85. The third kappa shape index (κ3) is 1.23. The van der Waals surface area contributed by atoms with Crippen LogP contribution in [0.2, 0.25) is 0 Å². The van der Waals surface area contributed by atoms with Crippen LogP contribution >= 0.6 is 0 Å². The molecule has 1 aliphatic rings. The zero-order valence-electron chi connectivity index (χ0n) is 4.91. The molecule has 0 aliphatic carbocycles. The maximum Gasteiger partial charge on any atom is 0.117 e. The molecule has 1 rings (SSSR count). The van der Waals surface area contributed by atoms with E-state index >= 15 is 0 Å². The van der Waals surface area contributed by atoms with Crippen LogP contribution in [-0.2, 0) is 0 Å². The van der Waals surface area contributed by atoms with Crippen LogP contribution in [0.5, 0.6) is 0 Å². The molecule has 0 saturated carbocycles. The molecule has 0 fully saturated rings. The van der Waals surface area contributed by atoms with Crippen molar-refractivity contribution < 1.29 is 10.2 Å². The molecule has 0 saturated heterocycles. The van der Waals surface area contributed by atoms with E-state index in [1.165, 1.54) is 0 Å². The van der Waals surface area contributed by atoms with Gasteiger partial charge in [-0.1, -0.05) is 0 Å². The fourth-order valence-electron chi connectivity index (χ4n) is 0.666. The number of aliphatic hydroxyl groups excluding tert-OH is 2. The average Bonchev–Trinajstić information content (AvgIpc) is 1.89. The van der Waals surface area contributed by atoms with E-state index in [2.05, 4.69) is 5.32 Å². The van der Waals surface area contributed by atoms with E-state index < -0.39 is 0 Å². The molecule has 0 radical (unpaired) electrons. The zero-order valence-corrected chi connectivity index (χ0v) is 4.91. The molecule has 0 amide bonds. The summed E-state index contributed by atoms with van der Waals surface area (Å²) in [5.41, 5.74) is 0. The van der Waals surface area contributed by atoms with Crippen molar-refractivity contribution in [2.75, 3.05) is 6.61 Å². The van der Waals surface area contributed by atoms with Gasteiger partial charge in [-0.15, -0.1) is 0 Å². The predicted octanol–water partition coefficient (Wildman–Crippen LogP) is -0.0939. The minimum absolute atomic E-state index is 0.0767. The molecule has 0 aromatic heterocycles. The van der Waals surface area contributed by atoms with Crippen molar-refractivity contribution in [1.29, 1.82) is 0 Å². The highest BCUT2D eigenvalue weighted by atomic mass is 16.3. The smallest absolute Gasteiger partial charge is 0.117 e. The molecular weight excluding hydrogens is 118 g/mol. The lowest BCUT2D eigenvalue weighted by molar-refractivity contribution is 0.228. The predicted molar refractivity (Wildman–Crippen MR) is 33.9 cm³/mol. The third-order valence-corrected chi connectivity index (χ3v) is 1.20. The Morgan fingerprint density at radius 1 is 1.67 bits per heavy atom. The minimum atomic E-state index is -0.310. The van der Waals surface area contributed by atoms with E-state index in [1.807, 2.05) is 0 Å². The van der Waals surface area contributed by atoms with Gasteiger partial charge in [-0.25, -0.2) is 0 Å². The highest BCUT2D eigenvalue weighted by molar-refractivity contribution is 5.16. The van der Waals surface area contributed by atoms with Crippen LogP contribution in [0.15, 0.2) is 24.1 Å². The highest BCUT2D eigenvalue weighted by Crippen LogP contribution is 2.01. The number of hydrogen-bond donors (Lipinski definition) is 3. The number of aliphatic hydroxyl groups is 2. The van der Waals surface area contributed by atoms with Crippen LogP contribution in [-0.4, -0.2) is 22.9 Å². The van der Waals surface area contributed by atoms with Crippen molar-refractivity contribution in [3.63, 3.8) is 0 Å². The van der Waals surface area contributed by atoms with Gasteiger partial charge in [-0.2, -0.15) is 0 Å². The van der Waals surface area contributed by atoms with Crippen molar-refractivity contribution in [3.05, 3.63) is 24.1 Å². The summed E-state index contributed by atoms with van der Waals surface area (Å²) in [6.07, 6.45) is 4.92. The van der Waals surface area contributed by atoms with E-state index in [9.17, 15) is 0 Å². The summed E-state index contributed by atoms with van der Waals surface area (Å²) in [4.78, 5) is 0. The number of rotatable bonds is 1. The van der Waals surface area contributed by atoms with Crippen LogP contribution < -0.4 is 5.32 Å². The maximum absolute atomic E-state index is 8.96. The van der Waals surface area contributed by atoms with Gasteiger partial charge in [0.2, 0.25) is 0 Å². The van der Waals surface area contributed by atoms with Crippen LogP contribution in [0.3, 0.4) is 0 Å². The second kappa shape index (κ2) is 2.55. The van der Waals surface area contributed by atoms with Gasteiger partial charge in [-0.05, 0) is 18.4 Å². The monoisotopic (exact) mass is 127 g/mol. The fourth-order valence-corrected chi connectivity index (χ4v) is 0.666. The van der Waals surface area contributed by atoms with E-state index in [4.69, 9.17) is 10.2 Å². The highest BCUT2D eigenvalue weighted by Gasteiger charge is 2.10. The summed E-state index contributed by atoms with van der Waals surface area (Å²) in [5, 5.41) is 20.3. The standard InChI is InChI=1S/C6H9NO2/c8-4-5-6(9)2-1-3-7-5/h1-3,5,7-9H,4H2. The first-order valence-corrected chi connectivity index (χ1v) is 2.77. The Balaban J connectivity index is 2.59. The summed E-state index contributed by atoms with van der Waals surface area (Å²) in [5.74, 6) is 0.181. The first-order valence-electron chi connectivity index (χ1n) is 2.77. The number of dihydropyridines is 1. The van der Waals surface area contributed by atoms with Gasteiger partial charge in [0.05, 0.1) is 6.61 Å². The largest absolute Gasteiger partial charge is 0.510 e. The quantitative estimate of drug-likeness (QED) is 0.461. The maximum atomic E-state index is 8.96. The van der Waals surface area contributed by atoms with Gasteiger partial charge >= 0.3 is 0 Å². The Hall–Kier alpha value is -0.960. The number of nitrogens with one attached hydrogen (secondary N) is 1. The minimum Gasteiger partial charge on any atom is -0.510 e. The molecule has 1 unspecified atom stereocenters. The molecule has 1 atom stereocenters. The first kappa shape index (κ1) is 6.16. The number of allylic oxidation sites excluding steroid dienone is 2. The summed E-state index contributed by atoms with van der Waals surface area (Å²) in [7, 11) is 0. The molecule has 50 valence electrons. The van der Waals surface area contributed by atoms with Gasteiger partial charge in [0.15, 0.2) is 0 Å². The van der Waals surface area contributed by atoms with Gasteiger partial charge in [-0.3, -0.25) is 0 Å². The second-order valence-electron chi connectivity index (χ2n) is 1.85. The van der Waals surface area contributed by atoms with Crippen LogP contribution in [0.1, 0.15) is 0 Å². The molecule has 0 bridgehead atoms. The van der Waals surface area contributed by atoms with E-state index in [-0.39, 0.29) is 18.4 Å². The van der Waals surface area contributed by atoms with Gasteiger partial charge < -0.3 is 15.5 Å². The Morgan fingerprint density at radius 2 is 2.44 bits per heavy atom. The van der Waals surface area contributed by atoms with Gasteiger partial charge in [0.25, 0.3) is 0 Å². The van der Waals surface area contributed by atoms with Gasteiger partial charge in [0.1, 0.15) is 11.8 Å². The molecule has 3 heteroatoms. The molecule has 0 aromatic rings. The lowest BCUT2D eigenvalue weighted by atomic mass is 10.2. The topological polar surface area (TPSA) is 52.5 Å². The normalized spacial score (nSPS) is 25.0. The van der Waals surface area contributed by atoms with Crippen molar-refractivity contribution in [3.8, 4) is 0 Å². The average molecular weight is 127 g/mol. The molecule has 3 nitrogen and oxygen atoms in total. The van der Waals surface area contributed by atoms with Crippen molar-refractivity contribution >= 4 is 0 Å². The third-order valence-electron chi connectivity index (χ3n) is 1.20. The van der Waals surface area contributed by atoms with E-state index in [0.29, 0.717) is 0 Å². The zero-order chi connectivity index (χ0) is 6.69. The SMILES string of the molecule is OCC1NC=CC=C1O. The first-order chi connectivity index (χ1) is 4.34. The Labute approximate surface area is 53.3 Å². The van der Waals surface area contributed by atoms with Crippen molar-refractivity contribution in [1.82, 2.24) is 5.32 Å². The Morgan fingerprint density at radius 3 is 2.89 bits per heavy atom. The molecule has 3 N–H and O–H groups in total. The molecular formula is C6H9NO2. The van der Waals surface area contributed by atoms with Crippen LogP contribution in [0, 0.1) is 0 Å². The van der Waals surface area contributed by atoms with Crippen molar-refractivity contribution in [2.45, 2.75) is 6.04 Å². The van der Waals surface area contributed by atoms with Crippen LogP contribution in [0.25, 0.3) is 0 Å². The van der Waals surface area contributed by atoms with Gasteiger partial charge in [0, 0.05) is 0 Å². The summed E-state index contributed by atoms with van der Waals surface area (Å²) < 4.78 is 0. The summed E-state index contributed by atoms with van der Waals surface area (Å²) in [6, 6.07) is -0.310. The Bertz CT molecular complexity index is 151. The van der Waals surface area contributed by atoms with E-state index in [0.717, 1.165) is 0 Å². The lowest BCUT2D eigenvalue weighted by Gasteiger charge is -2.15. The lowest BCUT2D eigenvalue weighted by Crippen LogP contribution is -2.31. The van der Waals surface area contributed by atoms with Crippen LogP contribution in [0.4, 0.5) is 0 Å². The number of hydrogen-bond acceptors (Lipinski definition) is 3. The fraction of sp³-hybridized carbons (Fsp3) is 0.333. The molecule has 0 spiro atoms. The molecule has 9 heavy (non-hydrogen) atoms. The Kier molecular flexibility index (Phi) is 1.75. The molecule has 1 aliphatic heterocycles. The molecule has 0 aromatic carbocycles. The molecule has 1 heterocycles. The van der Waals surface area contributed by atoms with E-state index in [1.54, 1.807) is 18.4 Å².